The zero-order valence-corrected chi connectivity index (χ0v) is 12.0. The number of ether oxygens (including phenoxy) is 1. The average Bonchev–Trinajstić information content (AvgIpc) is 2.37. The van der Waals surface area contributed by atoms with Gasteiger partial charge in [0.15, 0.2) is 0 Å². The molecule has 5 nitrogen and oxygen atoms in total. The standard InChI is InChI=1S/C14H17ClN2O3/c1-9-4-5-11(12(15)7-9)13(18)17-6-2-3-10(8-17)20-14(16)19/h4-5,7,10H,2-3,6,8H2,1H3,(H2,16,19). The van der Waals surface area contributed by atoms with Gasteiger partial charge in [0.1, 0.15) is 6.10 Å². The van der Waals surface area contributed by atoms with Crippen molar-refractivity contribution < 1.29 is 14.3 Å². The molecule has 2 N–H and O–H groups in total. The van der Waals surface area contributed by atoms with Gasteiger partial charge in [0.25, 0.3) is 5.91 Å². The molecular weight excluding hydrogens is 280 g/mol. The van der Waals surface area contributed by atoms with E-state index < -0.39 is 6.09 Å². The van der Waals surface area contributed by atoms with Crippen LogP contribution in [0.15, 0.2) is 18.2 Å². The number of benzene rings is 1. The molecule has 1 aromatic rings. The number of hydrogen-bond donors (Lipinski definition) is 1. The molecule has 0 radical (unpaired) electrons. The van der Waals surface area contributed by atoms with Crippen molar-refractivity contribution in [2.45, 2.75) is 25.9 Å². The molecule has 6 heteroatoms. The van der Waals surface area contributed by atoms with Crippen LogP contribution in [0.1, 0.15) is 28.8 Å². The SMILES string of the molecule is Cc1ccc(C(=O)N2CCCC(OC(N)=O)C2)c(Cl)c1. The summed E-state index contributed by atoms with van der Waals surface area (Å²) in [5.41, 5.74) is 6.48. The maximum absolute atomic E-state index is 12.4. The number of nitrogens with two attached hydrogens (primary N) is 1. The quantitative estimate of drug-likeness (QED) is 0.910. The zero-order chi connectivity index (χ0) is 14.7. The molecule has 1 aromatic carbocycles. The van der Waals surface area contributed by atoms with Crippen molar-refractivity contribution in [2.75, 3.05) is 13.1 Å². The number of primary amides is 1. The van der Waals surface area contributed by atoms with E-state index in [1.54, 1.807) is 17.0 Å². The van der Waals surface area contributed by atoms with Crippen LogP contribution in [0.25, 0.3) is 0 Å². The van der Waals surface area contributed by atoms with Crippen LogP contribution in [0, 0.1) is 6.92 Å². The molecule has 1 unspecified atom stereocenters. The van der Waals surface area contributed by atoms with Gasteiger partial charge in [-0.05, 0) is 37.5 Å². The van der Waals surface area contributed by atoms with Crippen molar-refractivity contribution in [3.8, 4) is 0 Å². The molecule has 0 spiro atoms. The largest absolute Gasteiger partial charge is 0.445 e. The van der Waals surface area contributed by atoms with E-state index in [1.165, 1.54) is 0 Å². The lowest BCUT2D eigenvalue weighted by Gasteiger charge is -2.32. The minimum Gasteiger partial charge on any atom is -0.445 e. The lowest BCUT2D eigenvalue weighted by atomic mass is 10.1. The van der Waals surface area contributed by atoms with E-state index in [0.717, 1.165) is 12.0 Å². The number of rotatable bonds is 2. The van der Waals surface area contributed by atoms with E-state index in [1.807, 2.05) is 13.0 Å². The molecule has 0 aliphatic carbocycles. The fraction of sp³-hybridized carbons (Fsp3) is 0.429. The molecule has 1 fully saturated rings. The van der Waals surface area contributed by atoms with E-state index in [9.17, 15) is 9.59 Å². The molecule has 0 saturated carbocycles. The van der Waals surface area contributed by atoms with Gasteiger partial charge in [0.05, 0.1) is 17.1 Å². The second-order valence-electron chi connectivity index (χ2n) is 4.94. The predicted molar refractivity (Wildman–Crippen MR) is 75.8 cm³/mol. The molecule has 0 bridgehead atoms. The van der Waals surface area contributed by atoms with Crippen molar-refractivity contribution in [1.29, 1.82) is 0 Å². The van der Waals surface area contributed by atoms with Crippen LogP contribution >= 0.6 is 11.6 Å². The third-order valence-electron chi connectivity index (χ3n) is 3.30. The first kappa shape index (κ1) is 14.7. The van der Waals surface area contributed by atoms with Crippen LogP contribution in [0.2, 0.25) is 5.02 Å². The summed E-state index contributed by atoms with van der Waals surface area (Å²) in [4.78, 5) is 24.9. The summed E-state index contributed by atoms with van der Waals surface area (Å²) in [7, 11) is 0. The minimum atomic E-state index is -0.808. The van der Waals surface area contributed by atoms with Crippen molar-refractivity contribution in [3.05, 3.63) is 34.3 Å². The molecule has 108 valence electrons. The Balaban J connectivity index is 2.10. The Morgan fingerprint density at radius 1 is 1.45 bits per heavy atom. The number of nitrogens with zero attached hydrogens (tertiary/aromatic N) is 1. The number of likely N-dealkylation sites (tertiary alicyclic amines) is 1. The summed E-state index contributed by atoms with van der Waals surface area (Å²) in [5, 5.41) is 0.438. The molecular formula is C14H17ClN2O3. The summed E-state index contributed by atoms with van der Waals surface area (Å²) in [5.74, 6) is -0.146. The van der Waals surface area contributed by atoms with Crippen LogP contribution in [-0.2, 0) is 4.74 Å². The summed E-state index contributed by atoms with van der Waals surface area (Å²) in [6.45, 7) is 2.89. The lowest BCUT2D eigenvalue weighted by Crippen LogP contribution is -2.44. The molecule has 1 aliphatic rings. The zero-order valence-electron chi connectivity index (χ0n) is 11.3. The Kier molecular flexibility index (Phi) is 4.49. The summed E-state index contributed by atoms with van der Waals surface area (Å²) < 4.78 is 4.97. The highest BCUT2D eigenvalue weighted by molar-refractivity contribution is 6.33. The van der Waals surface area contributed by atoms with Crippen LogP contribution in [0.5, 0.6) is 0 Å². The van der Waals surface area contributed by atoms with Crippen molar-refractivity contribution in [2.24, 2.45) is 5.73 Å². The van der Waals surface area contributed by atoms with Crippen molar-refractivity contribution >= 4 is 23.6 Å². The van der Waals surface area contributed by atoms with Gasteiger partial charge < -0.3 is 15.4 Å². The predicted octanol–water partition coefficient (Wildman–Crippen LogP) is 2.35. The van der Waals surface area contributed by atoms with Gasteiger partial charge in [-0.2, -0.15) is 0 Å². The fourth-order valence-electron chi connectivity index (χ4n) is 2.35. The Hall–Kier alpha value is -1.75. The van der Waals surface area contributed by atoms with E-state index in [4.69, 9.17) is 22.1 Å². The average molecular weight is 297 g/mol. The minimum absolute atomic E-state index is 0.146. The number of amides is 2. The van der Waals surface area contributed by atoms with Crippen LogP contribution in [-0.4, -0.2) is 36.1 Å². The van der Waals surface area contributed by atoms with Crippen LogP contribution in [0.3, 0.4) is 0 Å². The second-order valence-corrected chi connectivity index (χ2v) is 5.34. The Morgan fingerprint density at radius 2 is 2.20 bits per heavy atom. The van der Waals surface area contributed by atoms with Gasteiger partial charge in [0, 0.05) is 6.54 Å². The highest BCUT2D eigenvalue weighted by atomic mass is 35.5. The number of aryl methyl sites for hydroxylation is 1. The topological polar surface area (TPSA) is 72.6 Å². The number of halogens is 1. The van der Waals surface area contributed by atoms with Crippen LogP contribution < -0.4 is 5.73 Å². The fourth-order valence-corrected chi connectivity index (χ4v) is 2.66. The molecule has 1 saturated heterocycles. The molecule has 2 amide bonds. The van der Waals surface area contributed by atoms with Crippen molar-refractivity contribution in [1.82, 2.24) is 4.90 Å². The molecule has 2 rings (SSSR count). The second kappa shape index (κ2) is 6.13. The molecule has 1 heterocycles. The third kappa shape index (κ3) is 3.42. The Labute approximate surface area is 122 Å². The Bertz CT molecular complexity index is 533. The highest BCUT2D eigenvalue weighted by Crippen LogP contribution is 2.22. The van der Waals surface area contributed by atoms with Gasteiger partial charge in [0.2, 0.25) is 0 Å². The number of carbonyl (C=O) groups is 2. The lowest BCUT2D eigenvalue weighted by molar-refractivity contribution is 0.0373. The summed E-state index contributed by atoms with van der Waals surface area (Å²) >= 11 is 6.11. The summed E-state index contributed by atoms with van der Waals surface area (Å²) in [6.07, 6.45) is 0.341. The third-order valence-corrected chi connectivity index (χ3v) is 3.62. The maximum Gasteiger partial charge on any atom is 0.404 e. The van der Waals surface area contributed by atoms with E-state index in [-0.39, 0.29) is 12.0 Å². The number of piperidine rings is 1. The first-order valence-corrected chi connectivity index (χ1v) is 6.86. The summed E-state index contributed by atoms with van der Waals surface area (Å²) in [6, 6.07) is 5.33. The molecule has 1 aliphatic heterocycles. The molecule has 1 atom stereocenters. The number of hydrogen-bond acceptors (Lipinski definition) is 3. The van der Waals surface area contributed by atoms with E-state index >= 15 is 0 Å². The van der Waals surface area contributed by atoms with Gasteiger partial charge in [-0.3, -0.25) is 4.79 Å². The first-order valence-electron chi connectivity index (χ1n) is 6.49. The van der Waals surface area contributed by atoms with Gasteiger partial charge in [-0.25, -0.2) is 4.79 Å². The van der Waals surface area contributed by atoms with Crippen molar-refractivity contribution in [3.63, 3.8) is 0 Å². The van der Waals surface area contributed by atoms with Gasteiger partial charge in [-0.1, -0.05) is 17.7 Å². The molecule has 0 aromatic heterocycles. The van der Waals surface area contributed by atoms with Gasteiger partial charge in [-0.15, -0.1) is 0 Å². The first-order chi connectivity index (χ1) is 9.47. The molecule has 20 heavy (non-hydrogen) atoms. The normalized spacial score (nSPS) is 18.7. The van der Waals surface area contributed by atoms with E-state index in [2.05, 4.69) is 0 Å². The maximum atomic E-state index is 12.4. The highest BCUT2D eigenvalue weighted by Gasteiger charge is 2.27. The Morgan fingerprint density at radius 3 is 2.85 bits per heavy atom. The van der Waals surface area contributed by atoms with E-state index in [0.29, 0.717) is 30.1 Å². The number of carbonyl (C=O) groups excluding carboxylic acids is 2. The van der Waals surface area contributed by atoms with Crippen LogP contribution in [0.4, 0.5) is 4.79 Å². The smallest absolute Gasteiger partial charge is 0.404 e. The van der Waals surface area contributed by atoms with Gasteiger partial charge >= 0.3 is 6.09 Å². The monoisotopic (exact) mass is 296 g/mol.